The summed E-state index contributed by atoms with van der Waals surface area (Å²) in [6, 6.07) is 0.132. The highest BCUT2D eigenvalue weighted by molar-refractivity contribution is 14.1. The van der Waals surface area contributed by atoms with Crippen LogP contribution in [0.15, 0.2) is 0 Å². The molecule has 5 heteroatoms. The molecule has 3 nitrogen and oxygen atoms in total. The molecular formula is C5H10BIO3. The molecule has 1 fully saturated rings. The first-order chi connectivity index (χ1) is 4.77. The van der Waals surface area contributed by atoms with Gasteiger partial charge in [-0.2, -0.15) is 22.4 Å². The van der Waals surface area contributed by atoms with Crippen molar-refractivity contribution in [3.63, 3.8) is 0 Å². The van der Waals surface area contributed by atoms with E-state index >= 15 is 0 Å². The van der Waals surface area contributed by atoms with Crippen molar-refractivity contribution in [2.75, 3.05) is 6.61 Å². The number of rotatable bonds is 2. The Morgan fingerprint density at radius 3 is 2.70 bits per heavy atom. The highest BCUT2D eigenvalue weighted by Gasteiger charge is 2.32. The molecule has 3 atom stereocenters. The van der Waals surface area contributed by atoms with Crippen molar-refractivity contribution in [3.8, 4) is 0 Å². The van der Waals surface area contributed by atoms with E-state index in [1.54, 1.807) is 0 Å². The van der Waals surface area contributed by atoms with E-state index in [2.05, 4.69) is 22.4 Å². The molecule has 0 aromatic carbocycles. The molecule has 0 amide bonds. The minimum absolute atomic E-state index is 0.0751. The predicted molar refractivity (Wildman–Crippen MR) is 47.5 cm³/mol. The maximum Gasteiger partial charge on any atom is 0.233 e. The second-order valence-corrected chi connectivity index (χ2v) is 3.32. The monoisotopic (exact) mass is 256 g/mol. The third-order valence-electron chi connectivity index (χ3n) is 1.65. The van der Waals surface area contributed by atoms with Crippen LogP contribution in [0.3, 0.4) is 0 Å². The van der Waals surface area contributed by atoms with Crippen LogP contribution in [0.1, 0.15) is 6.42 Å². The van der Waals surface area contributed by atoms with Gasteiger partial charge in [0, 0.05) is 6.00 Å². The van der Waals surface area contributed by atoms with Crippen LogP contribution in [-0.4, -0.2) is 40.2 Å². The second kappa shape index (κ2) is 3.89. The first-order valence-electron chi connectivity index (χ1n) is 3.28. The Labute approximate surface area is 73.9 Å². The van der Waals surface area contributed by atoms with Crippen molar-refractivity contribution in [2.45, 2.75) is 24.6 Å². The topological polar surface area (TPSA) is 49.7 Å². The Morgan fingerprint density at radius 2 is 2.40 bits per heavy atom. The van der Waals surface area contributed by atoms with Gasteiger partial charge in [-0.15, -0.1) is 0 Å². The van der Waals surface area contributed by atoms with Gasteiger partial charge in [0.05, 0.1) is 12.7 Å². The van der Waals surface area contributed by atoms with E-state index in [1.807, 2.05) is 0 Å². The van der Waals surface area contributed by atoms with Crippen molar-refractivity contribution in [1.29, 1.82) is 0 Å². The smallest absolute Gasteiger partial charge is 0.233 e. The van der Waals surface area contributed by atoms with Gasteiger partial charge in [-0.3, -0.25) is 0 Å². The molecule has 1 aliphatic rings. The third kappa shape index (κ3) is 1.84. The van der Waals surface area contributed by atoms with E-state index in [-0.39, 0.29) is 18.7 Å². The first-order valence-corrected chi connectivity index (χ1v) is 4.81. The third-order valence-corrected chi connectivity index (χ3v) is 2.64. The molecule has 0 saturated carbocycles. The summed E-state index contributed by atoms with van der Waals surface area (Å²) < 4.78 is 5.26. The molecule has 1 rings (SSSR count). The molecule has 0 unspecified atom stereocenters. The summed E-state index contributed by atoms with van der Waals surface area (Å²) >= 11 is 2.21. The fourth-order valence-corrected chi connectivity index (χ4v) is 1.65. The lowest BCUT2D eigenvalue weighted by molar-refractivity contribution is -0.00418. The molecule has 10 heavy (non-hydrogen) atoms. The Bertz CT molecular complexity index is 113. The van der Waals surface area contributed by atoms with Crippen molar-refractivity contribution < 1.29 is 14.9 Å². The van der Waals surface area contributed by atoms with Gasteiger partial charge < -0.3 is 14.9 Å². The molecule has 0 radical (unpaired) electrons. The van der Waals surface area contributed by atoms with Gasteiger partial charge in [-0.05, 0) is 6.42 Å². The average molecular weight is 256 g/mol. The summed E-state index contributed by atoms with van der Waals surface area (Å²) in [6.07, 6.45) is -0.154. The van der Waals surface area contributed by atoms with Crippen molar-refractivity contribution in [2.24, 2.45) is 0 Å². The maximum atomic E-state index is 9.20. The number of aliphatic hydroxyl groups is 2. The molecule has 0 aliphatic carbocycles. The van der Waals surface area contributed by atoms with Gasteiger partial charge in [0.1, 0.15) is 6.10 Å². The number of halogens is 1. The van der Waals surface area contributed by atoms with Crippen LogP contribution in [0, 0.1) is 0 Å². The van der Waals surface area contributed by atoms with Gasteiger partial charge in [0.25, 0.3) is 0 Å². The van der Waals surface area contributed by atoms with Crippen LogP contribution in [0.2, 0.25) is 0 Å². The van der Waals surface area contributed by atoms with Gasteiger partial charge in [0.2, 0.25) is 5.14 Å². The molecule has 0 bridgehead atoms. The van der Waals surface area contributed by atoms with Crippen LogP contribution in [-0.2, 0) is 4.74 Å². The highest BCUT2D eigenvalue weighted by Crippen LogP contribution is 2.20. The predicted octanol–water partition coefficient (Wildman–Crippen LogP) is -0.759. The van der Waals surface area contributed by atoms with E-state index in [9.17, 15) is 5.11 Å². The maximum absolute atomic E-state index is 9.20. The van der Waals surface area contributed by atoms with Gasteiger partial charge in [-0.1, -0.05) is 0 Å². The first kappa shape index (κ1) is 8.77. The summed E-state index contributed by atoms with van der Waals surface area (Å²) in [4.78, 5) is 0. The molecular weight excluding hydrogens is 246 g/mol. The van der Waals surface area contributed by atoms with Crippen molar-refractivity contribution in [3.05, 3.63) is 0 Å². The molecule has 1 saturated heterocycles. The Hall–Kier alpha value is 0.675. The SMILES string of the molecule is OC[C@H]1O[C@@H](BI)C[C@H]1O. The molecule has 0 spiro atoms. The van der Waals surface area contributed by atoms with Gasteiger partial charge in [-0.25, -0.2) is 0 Å². The number of aliphatic hydroxyl groups excluding tert-OH is 2. The standard InChI is InChI=1S/C5H10BIO3/c7-6-5-1-3(9)4(2-8)10-5/h3-6,8-9H,1-2H2/t3-,4-,5-/m1/s1. The second-order valence-electron chi connectivity index (χ2n) is 2.44. The van der Waals surface area contributed by atoms with Crippen LogP contribution in [0.5, 0.6) is 0 Å². The minimum Gasteiger partial charge on any atom is -0.394 e. The van der Waals surface area contributed by atoms with E-state index in [0.29, 0.717) is 6.42 Å². The Balaban J connectivity index is 2.36. The number of hydrogen-bond donors (Lipinski definition) is 2. The van der Waals surface area contributed by atoms with Gasteiger partial charge >= 0.3 is 0 Å². The number of ether oxygens (including phenoxy) is 1. The molecule has 1 aliphatic heterocycles. The van der Waals surface area contributed by atoms with E-state index in [0.717, 1.165) is 5.14 Å². The van der Waals surface area contributed by atoms with Crippen LogP contribution < -0.4 is 0 Å². The van der Waals surface area contributed by atoms with Crippen LogP contribution in [0.4, 0.5) is 0 Å². The summed E-state index contributed by atoms with van der Waals surface area (Å²) in [7, 11) is 0. The molecule has 2 N–H and O–H groups in total. The van der Waals surface area contributed by atoms with Crippen molar-refractivity contribution >= 4 is 27.5 Å². The molecule has 0 aromatic heterocycles. The zero-order chi connectivity index (χ0) is 7.56. The lowest BCUT2D eigenvalue weighted by atomic mass is 9.96. The summed E-state index contributed by atoms with van der Waals surface area (Å²) in [5, 5.41) is 18.7. The summed E-state index contributed by atoms with van der Waals surface area (Å²) in [5.41, 5.74) is 0. The highest BCUT2D eigenvalue weighted by atomic mass is 127. The summed E-state index contributed by atoms with van der Waals surface area (Å²) in [6.45, 7) is -0.0751. The largest absolute Gasteiger partial charge is 0.394 e. The fraction of sp³-hybridized carbons (Fsp3) is 1.00. The van der Waals surface area contributed by atoms with Crippen LogP contribution in [0.25, 0.3) is 0 Å². The normalized spacial score (nSPS) is 40.1. The molecule has 0 aromatic rings. The van der Waals surface area contributed by atoms with Crippen LogP contribution >= 0.6 is 22.4 Å². The quantitative estimate of drug-likeness (QED) is 0.504. The number of hydrogen-bond acceptors (Lipinski definition) is 3. The zero-order valence-electron chi connectivity index (χ0n) is 5.53. The Kier molecular flexibility index (Phi) is 3.41. The van der Waals surface area contributed by atoms with E-state index < -0.39 is 6.10 Å². The fourth-order valence-electron chi connectivity index (χ4n) is 1.08. The molecule has 1 heterocycles. The summed E-state index contributed by atoms with van der Waals surface area (Å²) in [5.74, 6) is 0. The lowest BCUT2D eigenvalue weighted by Crippen LogP contribution is -2.24. The lowest BCUT2D eigenvalue weighted by Gasteiger charge is -2.09. The van der Waals surface area contributed by atoms with Gasteiger partial charge in [0.15, 0.2) is 0 Å². The van der Waals surface area contributed by atoms with Crippen molar-refractivity contribution in [1.82, 2.24) is 0 Å². The average Bonchev–Trinajstić information content (AvgIpc) is 2.30. The Morgan fingerprint density at radius 1 is 1.70 bits per heavy atom. The van der Waals surface area contributed by atoms with E-state index in [1.165, 1.54) is 0 Å². The molecule has 58 valence electrons. The minimum atomic E-state index is -0.468. The van der Waals surface area contributed by atoms with E-state index in [4.69, 9.17) is 9.84 Å². The zero-order valence-corrected chi connectivity index (χ0v) is 7.69.